The van der Waals surface area contributed by atoms with Gasteiger partial charge in [0.15, 0.2) is 5.58 Å². The van der Waals surface area contributed by atoms with E-state index in [0.717, 1.165) is 76.4 Å². The van der Waals surface area contributed by atoms with Crippen LogP contribution in [0.5, 0.6) is 11.6 Å². The molecule has 1 aromatic heterocycles. The quantitative estimate of drug-likeness (QED) is 0.600. The molecule has 2 atom stereocenters. The predicted molar refractivity (Wildman–Crippen MR) is 121 cm³/mol. The number of aromatic nitrogens is 1. The number of ether oxygens (including phenoxy) is 3. The SMILES string of the molecule is COC(=O)C1(CN2CCC(COc3noc4cccc(OC5CCCC5O)c34)CC2)CCC1. The zero-order valence-electron chi connectivity index (χ0n) is 19.3. The van der Waals surface area contributed by atoms with Crippen molar-refractivity contribution in [1.29, 1.82) is 0 Å². The average Bonchev–Trinajstić information content (AvgIpc) is 3.41. The standard InChI is InChI=1S/C25H34N2O6/c1-30-24(29)25(11-4-12-25)16-27-13-9-17(10-14-27)15-31-23-22-20(7-3-8-21(22)33-26-23)32-19-6-2-5-18(19)28/h3,7-8,17-19,28H,2,4-6,9-16H2,1H3. The Morgan fingerprint density at radius 3 is 2.70 bits per heavy atom. The summed E-state index contributed by atoms with van der Waals surface area (Å²) in [6, 6.07) is 5.60. The number of hydrogen-bond donors (Lipinski definition) is 1. The van der Waals surface area contributed by atoms with Gasteiger partial charge in [-0.2, -0.15) is 0 Å². The molecule has 2 saturated carbocycles. The third-order valence-electron chi connectivity index (χ3n) is 7.74. The third kappa shape index (κ3) is 4.55. The van der Waals surface area contributed by atoms with E-state index in [1.807, 2.05) is 18.2 Å². The van der Waals surface area contributed by atoms with Crippen LogP contribution in [-0.4, -0.2) is 66.7 Å². The van der Waals surface area contributed by atoms with Gasteiger partial charge in [0.1, 0.15) is 17.2 Å². The molecule has 2 aliphatic carbocycles. The molecule has 0 spiro atoms. The second-order valence-corrected chi connectivity index (χ2v) is 9.93. The number of methoxy groups -OCH3 is 1. The lowest BCUT2D eigenvalue weighted by molar-refractivity contribution is -0.160. The van der Waals surface area contributed by atoms with Crippen LogP contribution in [0.4, 0.5) is 0 Å². The first-order valence-electron chi connectivity index (χ1n) is 12.2. The molecule has 0 bridgehead atoms. The molecule has 180 valence electrons. The van der Waals surface area contributed by atoms with Crippen LogP contribution >= 0.6 is 0 Å². The number of carbonyl (C=O) groups excluding carboxylic acids is 1. The maximum atomic E-state index is 12.2. The molecule has 0 amide bonds. The maximum Gasteiger partial charge on any atom is 0.313 e. The molecular formula is C25H34N2O6. The van der Waals surface area contributed by atoms with E-state index in [1.165, 1.54) is 7.11 Å². The monoisotopic (exact) mass is 458 g/mol. The number of carbonyl (C=O) groups is 1. The van der Waals surface area contributed by atoms with Crippen molar-refractivity contribution in [2.24, 2.45) is 11.3 Å². The zero-order chi connectivity index (χ0) is 22.8. The Kier molecular flexibility index (Phi) is 6.47. The van der Waals surface area contributed by atoms with Crippen molar-refractivity contribution in [2.45, 2.75) is 63.6 Å². The Balaban J connectivity index is 1.17. The molecule has 3 aliphatic rings. The zero-order valence-corrected chi connectivity index (χ0v) is 19.3. The lowest BCUT2D eigenvalue weighted by Crippen LogP contribution is -2.50. The Hall–Kier alpha value is -2.32. The summed E-state index contributed by atoms with van der Waals surface area (Å²) in [4.78, 5) is 14.6. The second kappa shape index (κ2) is 9.50. The molecule has 2 heterocycles. The number of rotatable bonds is 8. The number of aliphatic hydroxyl groups is 1. The van der Waals surface area contributed by atoms with Crippen molar-refractivity contribution >= 4 is 16.9 Å². The summed E-state index contributed by atoms with van der Waals surface area (Å²) in [6.45, 7) is 3.29. The van der Waals surface area contributed by atoms with E-state index in [1.54, 1.807) is 0 Å². The Bertz CT molecular complexity index is 963. The highest BCUT2D eigenvalue weighted by Crippen LogP contribution is 2.43. The molecule has 2 unspecified atom stereocenters. The van der Waals surface area contributed by atoms with Crippen molar-refractivity contribution in [2.75, 3.05) is 33.4 Å². The molecule has 5 rings (SSSR count). The number of piperidine rings is 1. The molecule has 8 nitrogen and oxygen atoms in total. The topological polar surface area (TPSA) is 94.3 Å². The molecule has 8 heteroatoms. The van der Waals surface area contributed by atoms with Gasteiger partial charge in [-0.15, -0.1) is 0 Å². The van der Waals surface area contributed by atoms with Gasteiger partial charge in [0.2, 0.25) is 0 Å². The molecular weight excluding hydrogens is 424 g/mol. The number of esters is 1. The number of likely N-dealkylation sites (tertiary alicyclic amines) is 1. The van der Waals surface area contributed by atoms with E-state index < -0.39 is 6.10 Å². The Labute approximate surface area is 194 Å². The molecule has 2 aromatic rings. The van der Waals surface area contributed by atoms with Crippen molar-refractivity contribution in [1.82, 2.24) is 10.1 Å². The van der Waals surface area contributed by atoms with E-state index in [2.05, 4.69) is 10.1 Å². The minimum absolute atomic E-state index is 0.0553. The van der Waals surface area contributed by atoms with Crippen molar-refractivity contribution < 1.29 is 28.6 Å². The molecule has 1 aromatic carbocycles. The first-order valence-corrected chi connectivity index (χ1v) is 12.2. The minimum atomic E-state index is -0.437. The van der Waals surface area contributed by atoms with Crippen LogP contribution in [0.3, 0.4) is 0 Å². The molecule has 0 radical (unpaired) electrons. The minimum Gasteiger partial charge on any atom is -0.487 e. The maximum absolute atomic E-state index is 12.2. The number of hydrogen-bond acceptors (Lipinski definition) is 8. The van der Waals surface area contributed by atoms with Gasteiger partial charge in [0.25, 0.3) is 5.88 Å². The van der Waals surface area contributed by atoms with Gasteiger partial charge in [0, 0.05) is 6.54 Å². The van der Waals surface area contributed by atoms with Crippen LogP contribution in [0.25, 0.3) is 11.0 Å². The lowest BCUT2D eigenvalue weighted by Gasteiger charge is -2.44. The summed E-state index contributed by atoms with van der Waals surface area (Å²) in [7, 11) is 1.49. The highest BCUT2D eigenvalue weighted by atomic mass is 16.5. The van der Waals surface area contributed by atoms with E-state index in [9.17, 15) is 9.90 Å². The first-order chi connectivity index (χ1) is 16.1. The fourth-order valence-corrected chi connectivity index (χ4v) is 5.52. The van der Waals surface area contributed by atoms with Gasteiger partial charge in [-0.3, -0.25) is 4.79 Å². The summed E-state index contributed by atoms with van der Waals surface area (Å²) in [5.74, 6) is 1.47. The largest absolute Gasteiger partial charge is 0.487 e. The summed E-state index contributed by atoms with van der Waals surface area (Å²) in [5.41, 5.74) is 0.333. The van der Waals surface area contributed by atoms with Gasteiger partial charge in [-0.1, -0.05) is 12.5 Å². The summed E-state index contributed by atoms with van der Waals surface area (Å²) in [6.07, 6.45) is 6.95. The second-order valence-electron chi connectivity index (χ2n) is 9.93. The summed E-state index contributed by atoms with van der Waals surface area (Å²) in [5, 5.41) is 15.0. The highest BCUT2D eigenvalue weighted by Gasteiger charge is 2.46. The first kappa shape index (κ1) is 22.5. The Morgan fingerprint density at radius 2 is 2.03 bits per heavy atom. The fraction of sp³-hybridized carbons (Fsp3) is 0.680. The lowest BCUT2D eigenvalue weighted by atomic mass is 9.68. The van der Waals surface area contributed by atoms with Gasteiger partial charge in [-0.05, 0) is 81.2 Å². The average molecular weight is 459 g/mol. The van der Waals surface area contributed by atoms with Gasteiger partial charge in [-0.25, -0.2) is 0 Å². The van der Waals surface area contributed by atoms with E-state index in [-0.39, 0.29) is 17.5 Å². The van der Waals surface area contributed by atoms with Crippen LogP contribution in [0, 0.1) is 11.3 Å². The molecule has 3 fully saturated rings. The van der Waals surface area contributed by atoms with Crippen LogP contribution in [-0.2, 0) is 9.53 Å². The van der Waals surface area contributed by atoms with Crippen LogP contribution < -0.4 is 9.47 Å². The van der Waals surface area contributed by atoms with Crippen molar-refractivity contribution in [3.63, 3.8) is 0 Å². The van der Waals surface area contributed by atoms with E-state index >= 15 is 0 Å². The van der Waals surface area contributed by atoms with Gasteiger partial charge >= 0.3 is 5.97 Å². The highest BCUT2D eigenvalue weighted by molar-refractivity contribution is 5.88. The van der Waals surface area contributed by atoms with E-state index in [0.29, 0.717) is 29.7 Å². The van der Waals surface area contributed by atoms with Crippen molar-refractivity contribution in [3.05, 3.63) is 18.2 Å². The normalized spacial score (nSPS) is 25.6. The number of benzene rings is 1. The van der Waals surface area contributed by atoms with E-state index in [4.69, 9.17) is 18.7 Å². The van der Waals surface area contributed by atoms with Gasteiger partial charge in [0.05, 0.1) is 25.2 Å². The summed E-state index contributed by atoms with van der Waals surface area (Å²) < 4.78 is 22.8. The van der Waals surface area contributed by atoms with Crippen LogP contribution in [0.2, 0.25) is 0 Å². The fourth-order valence-electron chi connectivity index (χ4n) is 5.52. The van der Waals surface area contributed by atoms with Crippen LogP contribution in [0.15, 0.2) is 22.7 Å². The Morgan fingerprint density at radius 1 is 1.21 bits per heavy atom. The molecule has 33 heavy (non-hydrogen) atoms. The van der Waals surface area contributed by atoms with Crippen molar-refractivity contribution in [3.8, 4) is 11.6 Å². The number of fused-ring (bicyclic) bond motifs is 1. The number of aliphatic hydroxyl groups excluding tert-OH is 1. The summed E-state index contributed by atoms with van der Waals surface area (Å²) >= 11 is 0. The van der Waals surface area contributed by atoms with Crippen LogP contribution in [0.1, 0.15) is 51.4 Å². The predicted octanol–water partition coefficient (Wildman–Crippen LogP) is 3.55. The number of nitrogens with zero attached hydrogens (tertiary/aromatic N) is 2. The van der Waals surface area contributed by atoms with Gasteiger partial charge < -0.3 is 28.7 Å². The molecule has 1 saturated heterocycles. The third-order valence-corrected chi connectivity index (χ3v) is 7.74. The molecule has 1 aliphatic heterocycles. The molecule has 1 N–H and O–H groups in total. The smallest absolute Gasteiger partial charge is 0.313 e.